The average molecular weight is 367 g/mol. The molecule has 0 aliphatic rings. The Bertz CT molecular complexity index is 936. The molecule has 140 valence electrons. The summed E-state index contributed by atoms with van der Waals surface area (Å²) in [5.41, 5.74) is 2.60. The molecule has 3 rings (SSSR count). The van der Waals surface area contributed by atoms with Gasteiger partial charge in [0.15, 0.2) is 11.5 Å². The molecule has 1 aromatic heterocycles. The molecule has 0 radical (unpaired) electrons. The topological polar surface area (TPSA) is 86.5 Å². The van der Waals surface area contributed by atoms with Gasteiger partial charge in [0, 0.05) is 24.1 Å². The molecule has 7 nitrogen and oxygen atoms in total. The van der Waals surface area contributed by atoms with Gasteiger partial charge in [-0.3, -0.25) is 4.79 Å². The van der Waals surface area contributed by atoms with Gasteiger partial charge in [0.05, 0.1) is 14.2 Å². The van der Waals surface area contributed by atoms with E-state index >= 15 is 0 Å². The summed E-state index contributed by atoms with van der Waals surface area (Å²) in [6, 6.07) is 13.0. The summed E-state index contributed by atoms with van der Waals surface area (Å²) in [5.74, 6) is 1.94. The van der Waals surface area contributed by atoms with Crippen molar-refractivity contribution in [1.82, 2.24) is 10.1 Å². The van der Waals surface area contributed by atoms with Crippen LogP contribution < -0.4 is 14.8 Å². The van der Waals surface area contributed by atoms with E-state index in [9.17, 15) is 4.79 Å². The molecule has 0 unspecified atom stereocenters. The van der Waals surface area contributed by atoms with Gasteiger partial charge in [0.2, 0.25) is 17.6 Å². The van der Waals surface area contributed by atoms with Crippen LogP contribution in [0.5, 0.6) is 11.5 Å². The summed E-state index contributed by atoms with van der Waals surface area (Å²) >= 11 is 0. The van der Waals surface area contributed by atoms with Crippen molar-refractivity contribution < 1.29 is 18.8 Å². The Balaban J connectivity index is 1.62. The van der Waals surface area contributed by atoms with E-state index in [0.717, 1.165) is 16.8 Å². The summed E-state index contributed by atoms with van der Waals surface area (Å²) in [6.07, 6.45) is 0.611. The highest BCUT2D eigenvalue weighted by atomic mass is 16.5. The highest BCUT2D eigenvalue weighted by Gasteiger charge is 2.13. The van der Waals surface area contributed by atoms with E-state index in [1.165, 1.54) is 0 Å². The molecule has 0 atom stereocenters. The number of methoxy groups -OCH3 is 2. The van der Waals surface area contributed by atoms with Crippen LogP contribution in [-0.2, 0) is 11.2 Å². The van der Waals surface area contributed by atoms with E-state index in [0.29, 0.717) is 29.6 Å². The summed E-state index contributed by atoms with van der Waals surface area (Å²) in [7, 11) is 3.14. The van der Waals surface area contributed by atoms with Gasteiger partial charge < -0.3 is 19.3 Å². The predicted octanol–water partition coefficient (Wildman–Crippen LogP) is 3.63. The second kappa shape index (κ2) is 8.35. The standard InChI is InChI=1S/C20H21N3O4/c1-13-5-4-6-15(11-13)21-18(24)9-10-19-22-20(23-27-19)14-7-8-16(25-2)17(12-14)26-3/h4-8,11-12H,9-10H2,1-3H3,(H,21,24). The van der Waals surface area contributed by atoms with E-state index in [2.05, 4.69) is 15.5 Å². The third-order valence-corrected chi connectivity index (χ3v) is 3.98. The van der Waals surface area contributed by atoms with E-state index in [1.54, 1.807) is 26.4 Å². The first kappa shape index (κ1) is 18.4. The van der Waals surface area contributed by atoms with Gasteiger partial charge >= 0.3 is 0 Å². The molecule has 0 bridgehead atoms. The molecular formula is C20H21N3O4. The van der Waals surface area contributed by atoms with E-state index in [-0.39, 0.29) is 12.3 Å². The maximum atomic E-state index is 12.1. The Labute approximate surface area is 157 Å². The van der Waals surface area contributed by atoms with Crippen LogP contribution in [0.25, 0.3) is 11.4 Å². The Morgan fingerprint density at radius 3 is 2.67 bits per heavy atom. The predicted molar refractivity (Wildman–Crippen MR) is 101 cm³/mol. The third kappa shape index (κ3) is 4.63. The quantitative estimate of drug-likeness (QED) is 0.686. The van der Waals surface area contributed by atoms with Gasteiger partial charge in [-0.15, -0.1) is 0 Å². The van der Waals surface area contributed by atoms with Gasteiger partial charge in [-0.1, -0.05) is 17.3 Å². The van der Waals surface area contributed by atoms with Crippen molar-refractivity contribution >= 4 is 11.6 Å². The highest BCUT2D eigenvalue weighted by Crippen LogP contribution is 2.31. The lowest BCUT2D eigenvalue weighted by molar-refractivity contribution is -0.116. The van der Waals surface area contributed by atoms with Crippen molar-refractivity contribution in [3.8, 4) is 22.9 Å². The molecule has 1 N–H and O–H groups in total. The fourth-order valence-corrected chi connectivity index (χ4v) is 2.62. The zero-order valence-electron chi connectivity index (χ0n) is 15.5. The molecule has 1 amide bonds. The number of nitrogens with one attached hydrogen (secondary N) is 1. The van der Waals surface area contributed by atoms with Crippen molar-refractivity contribution in [2.24, 2.45) is 0 Å². The number of hydrogen-bond donors (Lipinski definition) is 1. The second-order valence-corrected chi connectivity index (χ2v) is 6.00. The van der Waals surface area contributed by atoms with Gasteiger partial charge in [-0.2, -0.15) is 4.98 Å². The molecule has 0 aliphatic heterocycles. The van der Waals surface area contributed by atoms with Crippen molar-refractivity contribution in [2.75, 3.05) is 19.5 Å². The molecule has 3 aromatic rings. The first-order chi connectivity index (χ1) is 13.1. The number of aromatic nitrogens is 2. The monoisotopic (exact) mass is 367 g/mol. The molecular weight excluding hydrogens is 346 g/mol. The molecule has 0 saturated heterocycles. The Hall–Kier alpha value is -3.35. The number of benzene rings is 2. The normalized spacial score (nSPS) is 10.5. The van der Waals surface area contributed by atoms with Crippen LogP contribution in [0.1, 0.15) is 17.9 Å². The molecule has 0 aliphatic carbocycles. The average Bonchev–Trinajstić information content (AvgIpc) is 3.15. The van der Waals surface area contributed by atoms with Crippen molar-refractivity contribution in [3.05, 3.63) is 53.9 Å². The lowest BCUT2D eigenvalue weighted by atomic mass is 10.2. The van der Waals surface area contributed by atoms with Crippen LogP contribution in [0.4, 0.5) is 5.69 Å². The third-order valence-electron chi connectivity index (χ3n) is 3.98. The lowest BCUT2D eigenvalue weighted by Crippen LogP contribution is -2.12. The molecule has 2 aromatic carbocycles. The maximum Gasteiger partial charge on any atom is 0.227 e. The lowest BCUT2D eigenvalue weighted by Gasteiger charge is -2.07. The first-order valence-corrected chi connectivity index (χ1v) is 8.50. The van der Waals surface area contributed by atoms with Gasteiger partial charge in [-0.05, 0) is 42.8 Å². The van der Waals surface area contributed by atoms with Crippen LogP contribution in [0.2, 0.25) is 0 Å². The van der Waals surface area contributed by atoms with E-state index in [1.807, 2.05) is 37.3 Å². The van der Waals surface area contributed by atoms with Crippen molar-refractivity contribution in [2.45, 2.75) is 19.8 Å². The highest BCUT2D eigenvalue weighted by molar-refractivity contribution is 5.90. The number of ether oxygens (including phenoxy) is 2. The van der Waals surface area contributed by atoms with Gasteiger partial charge in [0.25, 0.3) is 0 Å². The van der Waals surface area contributed by atoms with Gasteiger partial charge in [-0.25, -0.2) is 0 Å². The molecule has 0 spiro atoms. The fourth-order valence-electron chi connectivity index (χ4n) is 2.62. The second-order valence-electron chi connectivity index (χ2n) is 6.00. The number of amides is 1. The number of hydrogen-bond acceptors (Lipinski definition) is 6. The van der Waals surface area contributed by atoms with Crippen molar-refractivity contribution in [3.63, 3.8) is 0 Å². The number of carbonyl (C=O) groups is 1. The zero-order chi connectivity index (χ0) is 19.2. The minimum absolute atomic E-state index is 0.105. The molecule has 0 fully saturated rings. The largest absolute Gasteiger partial charge is 0.493 e. The summed E-state index contributed by atoms with van der Waals surface area (Å²) in [6.45, 7) is 1.98. The maximum absolute atomic E-state index is 12.1. The van der Waals surface area contributed by atoms with Gasteiger partial charge in [0.1, 0.15) is 0 Å². The van der Waals surface area contributed by atoms with E-state index < -0.39 is 0 Å². The minimum Gasteiger partial charge on any atom is -0.493 e. The number of carbonyl (C=O) groups excluding carboxylic acids is 1. The van der Waals surface area contributed by atoms with Crippen LogP contribution in [0.15, 0.2) is 47.0 Å². The Kier molecular flexibility index (Phi) is 5.71. The zero-order valence-corrected chi connectivity index (χ0v) is 15.5. The number of nitrogens with zero attached hydrogens (tertiary/aromatic N) is 2. The smallest absolute Gasteiger partial charge is 0.227 e. The van der Waals surface area contributed by atoms with Crippen LogP contribution >= 0.6 is 0 Å². The molecule has 0 saturated carbocycles. The van der Waals surface area contributed by atoms with Crippen molar-refractivity contribution in [1.29, 1.82) is 0 Å². The number of rotatable bonds is 7. The fraction of sp³-hybridized carbons (Fsp3) is 0.250. The minimum atomic E-state index is -0.105. The molecule has 27 heavy (non-hydrogen) atoms. The number of anilines is 1. The Morgan fingerprint density at radius 2 is 1.93 bits per heavy atom. The summed E-state index contributed by atoms with van der Waals surface area (Å²) in [5, 5.41) is 6.84. The summed E-state index contributed by atoms with van der Waals surface area (Å²) < 4.78 is 15.8. The molecule has 7 heteroatoms. The number of aryl methyl sites for hydroxylation is 2. The van der Waals surface area contributed by atoms with E-state index in [4.69, 9.17) is 14.0 Å². The Morgan fingerprint density at radius 1 is 1.11 bits per heavy atom. The SMILES string of the molecule is COc1ccc(-c2noc(CCC(=O)Nc3cccc(C)c3)n2)cc1OC. The van der Waals surface area contributed by atoms with Crippen LogP contribution in [0.3, 0.4) is 0 Å². The first-order valence-electron chi connectivity index (χ1n) is 8.50. The molecule has 1 heterocycles. The van der Waals surface area contributed by atoms with Crippen LogP contribution in [-0.4, -0.2) is 30.3 Å². The van der Waals surface area contributed by atoms with Crippen LogP contribution in [0, 0.1) is 6.92 Å². The summed E-state index contributed by atoms with van der Waals surface area (Å²) in [4.78, 5) is 16.4.